The van der Waals surface area contributed by atoms with Crippen molar-refractivity contribution in [1.29, 1.82) is 5.26 Å². The lowest BCUT2D eigenvalue weighted by Gasteiger charge is -1.98. The van der Waals surface area contributed by atoms with E-state index >= 15 is 0 Å². The van der Waals surface area contributed by atoms with Crippen molar-refractivity contribution in [2.24, 2.45) is 7.05 Å². The first-order chi connectivity index (χ1) is 7.27. The molecule has 3 heteroatoms. The summed E-state index contributed by atoms with van der Waals surface area (Å²) in [6.45, 7) is 3.52. The van der Waals surface area contributed by atoms with Crippen LogP contribution in [0.25, 0.3) is 0 Å². The number of nitrogens with one attached hydrogen (secondary N) is 1. The fourth-order valence-corrected chi connectivity index (χ4v) is 1.35. The molecule has 0 aliphatic rings. The van der Waals surface area contributed by atoms with Crippen LogP contribution in [0.2, 0.25) is 0 Å². The van der Waals surface area contributed by atoms with Gasteiger partial charge in [-0.25, -0.2) is 0 Å². The highest BCUT2D eigenvalue weighted by Crippen LogP contribution is 2.05. The molecule has 0 aliphatic carbocycles. The molecule has 0 aliphatic heterocycles. The molecule has 1 aromatic rings. The SMILES string of the molecule is CC#CCCNCc1cc(C#N)n(C)c1. The third-order valence-corrected chi connectivity index (χ3v) is 2.11. The molecule has 1 aromatic heterocycles. The molecule has 3 nitrogen and oxygen atoms in total. The molecule has 0 saturated carbocycles. The zero-order chi connectivity index (χ0) is 11.1. The van der Waals surface area contributed by atoms with Gasteiger partial charge in [0.05, 0.1) is 0 Å². The van der Waals surface area contributed by atoms with Crippen molar-refractivity contribution in [2.75, 3.05) is 6.54 Å². The zero-order valence-electron chi connectivity index (χ0n) is 9.17. The van der Waals surface area contributed by atoms with Crippen LogP contribution in [-0.4, -0.2) is 11.1 Å². The summed E-state index contributed by atoms with van der Waals surface area (Å²) in [5.74, 6) is 5.84. The summed E-state index contributed by atoms with van der Waals surface area (Å²) < 4.78 is 1.84. The van der Waals surface area contributed by atoms with Crippen LogP contribution in [0.3, 0.4) is 0 Å². The van der Waals surface area contributed by atoms with E-state index in [9.17, 15) is 0 Å². The van der Waals surface area contributed by atoms with E-state index in [4.69, 9.17) is 5.26 Å². The van der Waals surface area contributed by atoms with Gasteiger partial charge in [-0.05, 0) is 18.6 Å². The maximum Gasteiger partial charge on any atom is 0.120 e. The number of aromatic nitrogens is 1. The van der Waals surface area contributed by atoms with Crippen molar-refractivity contribution in [1.82, 2.24) is 9.88 Å². The van der Waals surface area contributed by atoms with Crippen LogP contribution in [0.15, 0.2) is 12.3 Å². The van der Waals surface area contributed by atoms with E-state index in [1.54, 1.807) is 0 Å². The Balaban J connectivity index is 2.37. The van der Waals surface area contributed by atoms with Crippen LogP contribution in [0, 0.1) is 23.2 Å². The largest absolute Gasteiger partial charge is 0.342 e. The summed E-state index contributed by atoms with van der Waals surface area (Å²) >= 11 is 0. The quantitative estimate of drug-likeness (QED) is 0.591. The summed E-state index contributed by atoms with van der Waals surface area (Å²) in [5, 5.41) is 12.0. The van der Waals surface area contributed by atoms with Crippen molar-refractivity contribution in [3.05, 3.63) is 23.5 Å². The topological polar surface area (TPSA) is 40.8 Å². The second-order valence-corrected chi connectivity index (χ2v) is 3.31. The third kappa shape index (κ3) is 3.50. The van der Waals surface area contributed by atoms with Gasteiger partial charge in [-0.2, -0.15) is 5.26 Å². The lowest BCUT2D eigenvalue weighted by Crippen LogP contribution is -2.13. The summed E-state index contributed by atoms with van der Waals surface area (Å²) in [7, 11) is 1.88. The van der Waals surface area contributed by atoms with Crippen LogP contribution in [0.1, 0.15) is 24.6 Å². The van der Waals surface area contributed by atoms with Gasteiger partial charge in [0, 0.05) is 32.8 Å². The lowest BCUT2D eigenvalue weighted by molar-refractivity contribution is 0.700. The second-order valence-electron chi connectivity index (χ2n) is 3.31. The minimum atomic E-state index is 0.695. The lowest BCUT2D eigenvalue weighted by atomic mass is 10.3. The molecule has 0 amide bonds. The zero-order valence-corrected chi connectivity index (χ0v) is 9.17. The minimum Gasteiger partial charge on any atom is -0.342 e. The molecule has 0 unspecified atom stereocenters. The highest BCUT2D eigenvalue weighted by Gasteiger charge is 2.00. The summed E-state index contributed by atoms with van der Waals surface area (Å²) in [5.41, 5.74) is 1.83. The van der Waals surface area contributed by atoms with Crippen LogP contribution >= 0.6 is 0 Å². The molecule has 0 saturated heterocycles. The molecule has 1 heterocycles. The van der Waals surface area contributed by atoms with Gasteiger partial charge in [0.25, 0.3) is 0 Å². The molecule has 78 valence electrons. The Labute approximate surface area is 90.7 Å². The predicted octanol–water partition coefficient (Wildman–Crippen LogP) is 1.40. The molecule has 0 radical (unpaired) electrons. The average Bonchev–Trinajstić information content (AvgIpc) is 2.59. The van der Waals surface area contributed by atoms with E-state index in [0.717, 1.165) is 25.1 Å². The summed E-state index contributed by atoms with van der Waals surface area (Å²) in [6, 6.07) is 4.04. The van der Waals surface area contributed by atoms with E-state index in [2.05, 4.69) is 23.2 Å². The first-order valence-electron chi connectivity index (χ1n) is 4.93. The molecule has 0 aromatic carbocycles. The molecular weight excluding hydrogens is 186 g/mol. The Hall–Kier alpha value is -1.71. The van der Waals surface area contributed by atoms with Gasteiger partial charge in [-0.15, -0.1) is 11.8 Å². The number of aryl methyl sites for hydroxylation is 1. The summed E-state index contributed by atoms with van der Waals surface area (Å²) in [6.07, 6.45) is 2.84. The van der Waals surface area contributed by atoms with E-state index in [0.29, 0.717) is 5.69 Å². The first-order valence-corrected chi connectivity index (χ1v) is 4.93. The van der Waals surface area contributed by atoms with Gasteiger partial charge in [0.15, 0.2) is 0 Å². The van der Waals surface area contributed by atoms with Gasteiger partial charge >= 0.3 is 0 Å². The monoisotopic (exact) mass is 201 g/mol. The van der Waals surface area contributed by atoms with E-state index in [1.807, 2.05) is 30.8 Å². The molecule has 0 spiro atoms. The fourth-order valence-electron chi connectivity index (χ4n) is 1.35. The highest BCUT2D eigenvalue weighted by molar-refractivity contribution is 5.28. The van der Waals surface area contributed by atoms with Gasteiger partial charge in [-0.1, -0.05) is 0 Å². The predicted molar refractivity (Wildman–Crippen MR) is 59.9 cm³/mol. The van der Waals surface area contributed by atoms with Crippen molar-refractivity contribution in [2.45, 2.75) is 19.9 Å². The van der Waals surface area contributed by atoms with Crippen molar-refractivity contribution >= 4 is 0 Å². The minimum absolute atomic E-state index is 0.695. The molecule has 0 bridgehead atoms. The molecular formula is C12H15N3. The number of hydrogen-bond acceptors (Lipinski definition) is 2. The first kappa shape index (κ1) is 11.4. The van der Waals surface area contributed by atoms with Crippen molar-refractivity contribution in [3.63, 3.8) is 0 Å². The second kappa shape index (κ2) is 5.90. The van der Waals surface area contributed by atoms with Crippen LogP contribution in [-0.2, 0) is 13.6 Å². The van der Waals surface area contributed by atoms with Crippen LogP contribution in [0.5, 0.6) is 0 Å². The van der Waals surface area contributed by atoms with Gasteiger partial charge < -0.3 is 9.88 Å². The van der Waals surface area contributed by atoms with Gasteiger partial charge in [-0.3, -0.25) is 0 Å². The maximum atomic E-state index is 8.76. The van der Waals surface area contributed by atoms with E-state index in [-0.39, 0.29) is 0 Å². The van der Waals surface area contributed by atoms with E-state index in [1.165, 1.54) is 0 Å². The van der Waals surface area contributed by atoms with Crippen molar-refractivity contribution in [3.8, 4) is 17.9 Å². The fraction of sp³-hybridized carbons (Fsp3) is 0.417. The van der Waals surface area contributed by atoms with Crippen LogP contribution in [0.4, 0.5) is 0 Å². The molecule has 0 atom stereocenters. The molecule has 0 fully saturated rings. The third-order valence-electron chi connectivity index (χ3n) is 2.11. The number of rotatable bonds is 4. The Morgan fingerprint density at radius 3 is 2.93 bits per heavy atom. The number of nitriles is 1. The van der Waals surface area contributed by atoms with Gasteiger partial charge in [0.2, 0.25) is 0 Å². The Bertz CT molecular complexity index is 412. The Morgan fingerprint density at radius 1 is 1.53 bits per heavy atom. The smallest absolute Gasteiger partial charge is 0.120 e. The summed E-state index contributed by atoms with van der Waals surface area (Å²) in [4.78, 5) is 0. The van der Waals surface area contributed by atoms with Crippen LogP contribution < -0.4 is 5.32 Å². The highest BCUT2D eigenvalue weighted by atomic mass is 14.9. The Morgan fingerprint density at radius 2 is 2.33 bits per heavy atom. The molecule has 1 rings (SSSR count). The average molecular weight is 201 g/mol. The molecule has 1 N–H and O–H groups in total. The van der Waals surface area contributed by atoms with E-state index < -0.39 is 0 Å². The van der Waals surface area contributed by atoms with Gasteiger partial charge in [0.1, 0.15) is 11.8 Å². The molecule has 15 heavy (non-hydrogen) atoms. The van der Waals surface area contributed by atoms with Crippen molar-refractivity contribution < 1.29 is 0 Å². The Kier molecular flexibility index (Phi) is 4.47. The number of nitrogens with zero attached hydrogens (tertiary/aromatic N) is 2. The standard InChI is InChI=1S/C12H15N3/c1-3-4-5-6-14-9-11-7-12(8-13)15(2)10-11/h7,10,14H,5-6,9H2,1-2H3. The maximum absolute atomic E-state index is 8.76. The normalized spacial score (nSPS) is 9.13. The number of hydrogen-bond donors (Lipinski definition) is 1.